The van der Waals surface area contributed by atoms with Crippen LogP contribution in [-0.2, 0) is 9.59 Å². The standard InChI is InChI=1S/C24H19N3O2S/c28-22(25-19-12-6-2-7-13-19)17-30-24-26-23(29)21(16-18-10-4-1-5-11-18)27(24)20-14-8-3-9-15-20/h1-16H,17H2,(H,25,28). The van der Waals surface area contributed by atoms with Crippen LogP contribution in [0.1, 0.15) is 5.56 Å². The van der Waals surface area contributed by atoms with E-state index in [1.165, 1.54) is 11.8 Å². The molecule has 3 aromatic rings. The lowest BCUT2D eigenvalue weighted by atomic mass is 10.1. The van der Waals surface area contributed by atoms with Crippen LogP contribution in [0.2, 0.25) is 0 Å². The molecular formula is C24H19N3O2S. The van der Waals surface area contributed by atoms with Crippen molar-refractivity contribution in [2.75, 3.05) is 16.0 Å². The number of amidine groups is 1. The minimum Gasteiger partial charge on any atom is -0.325 e. The second-order valence-corrected chi connectivity index (χ2v) is 7.46. The summed E-state index contributed by atoms with van der Waals surface area (Å²) in [6.07, 6.45) is 1.82. The molecule has 0 fully saturated rings. The molecule has 3 aromatic carbocycles. The molecule has 2 amide bonds. The number of anilines is 2. The van der Waals surface area contributed by atoms with Gasteiger partial charge in [0.2, 0.25) is 5.91 Å². The molecule has 0 bridgehead atoms. The Kier molecular flexibility index (Phi) is 6.06. The lowest BCUT2D eigenvalue weighted by molar-refractivity contribution is -0.114. The third-order valence-corrected chi connectivity index (χ3v) is 5.29. The van der Waals surface area contributed by atoms with Gasteiger partial charge in [-0.2, -0.15) is 4.99 Å². The summed E-state index contributed by atoms with van der Waals surface area (Å²) in [5.74, 6) is -0.341. The Labute approximate surface area is 179 Å². The topological polar surface area (TPSA) is 61.8 Å². The lowest BCUT2D eigenvalue weighted by Gasteiger charge is -2.21. The van der Waals surface area contributed by atoms with Crippen molar-refractivity contribution in [2.45, 2.75) is 0 Å². The van der Waals surface area contributed by atoms with Crippen molar-refractivity contribution in [1.82, 2.24) is 0 Å². The predicted octanol–water partition coefficient (Wildman–Crippen LogP) is 4.80. The van der Waals surface area contributed by atoms with Crippen LogP contribution in [-0.4, -0.2) is 22.7 Å². The fourth-order valence-electron chi connectivity index (χ4n) is 3.00. The normalized spacial score (nSPS) is 14.7. The molecule has 1 N–H and O–H groups in total. The van der Waals surface area contributed by atoms with Gasteiger partial charge < -0.3 is 5.32 Å². The van der Waals surface area contributed by atoms with Crippen LogP contribution in [0.3, 0.4) is 0 Å². The van der Waals surface area contributed by atoms with Crippen molar-refractivity contribution in [3.8, 4) is 0 Å². The molecule has 0 saturated carbocycles. The molecule has 0 atom stereocenters. The van der Waals surface area contributed by atoms with Gasteiger partial charge in [-0.05, 0) is 35.9 Å². The van der Waals surface area contributed by atoms with Crippen molar-refractivity contribution in [2.24, 2.45) is 4.99 Å². The average Bonchev–Trinajstić information content (AvgIpc) is 3.09. The number of carbonyl (C=O) groups is 2. The maximum atomic E-state index is 12.7. The third kappa shape index (κ3) is 4.67. The third-order valence-electron chi connectivity index (χ3n) is 4.36. The van der Waals surface area contributed by atoms with Gasteiger partial charge in [-0.3, -0.25) is 14.5 Å². The minimum absolute atomic E-state index is 0.142. The second-order valence-electron chi connectivity index (χ2n) is 6.51. The van der Waals surface area contributed by atoms with E-state index >= 15 is 0 Å². The van der Waals surface area contributed by atoms with Crippen LogP contribution in [0.25, 0.3) is 6.08 Å². The Morgan fingerprint density at radius 3 is 2.17 bits per heavy atom. The lowest BCUT2D eigenvalue weighted by Crippen LogP contribution is -2.26. The number of hydrogen-bond acceptors (Lipinski definition) is 4. The number of thioether (sulfide) groups is 1. The highest BCUT2D eigenvalue weighted by Crippen LogP contribution is 2.31. The molecule has 148 valence electrons. The Morgan fingerprint density at radius 1 is 0.900 bits per heavy atom. The molecule has 4 rings (SSSR count). The first-order valence-electron chi connectivity index (χ1n) is 9.43. The number of nitrogens with one attached hydrogen (secondary N) is 1. The Hall–Kier alpha value is -3.64. The van der Waals surface area contributed by atoms with E-state index in [-0.39, 0.29) is 17.6 Å². The van der Waals surface area contributed by atoms with Crippen molar-refractivity contribution in [3.05, 3.63) is 102 Å². The zero-order chi connectivity index (χ0) is 20.8. The summed E-state index contributed by atoms with van der Waals surface area (Å²) >= 11 is 1.23. The zero-order valence-electron chi connectivity index (χ0n) is 16.1. The summed E-state index contributed by atoms with van der Waals surface area (Å²) in [6, 6.07) is 28.5. The SMILES string of the molecule is O=C(CSC1=NC(=O)C(=Cc2ccccc2)N1c1ccccc1)Nc1ccccc1. The van der Waals surface area contributed by atoms with Gasteiger partial charge in [0.15, 0.2) is 5.17 Å². The molecule has 1 aliphatic rings. The number of nitrogens with zero attached hydrogens (tertiary/aromatic N) is 2. The largest absolute Gasteiger partial charge is 0.325 e. The van der Waals surface area contributed by atoms with Gasteiger partial charge >= 0.3 is 0 Å². The van der Waals surface area contributed by atoms with Gasteiger partial charge in [0, 0.05) is 11.4 Å². The maximum Gasteiger partial charge on any atom is 0.296 e. The monoisotopic (exact) mass is 413 g/mol. The fraction of sp³-hybridized carbons (Fsp3) is 0.0417. The highest BCUT2D eigenvalue weighted by atomic mass is 32.2. The number of benzene rings is 3. The van der Waals surface area contributed by atoms with E-state index in [1.807, 2.05) is 97.1 Å². The summed E-state index contributed by atoms with van der Waals surface area (Å²) < 4.78 is 0. The molecule has 0 spiro atoms. The quantitative estimate of drug-likeness (QED) is 0.610. The molecule has 0 saturated heterocycles. The predicted molar refractivity (Wildman–Crippen MR) is 123 cm³/mol. The number of rotatable bonds is 5. The fourth-order valence-corrected chi connectivity index (χ4v) is 3.81. The smallest absolute Gasteiger partial charge is 0.296 e. The second kappa shape index (κ2) is 9.24. The van der Waals surface area contributed by atoms with Crippen LogP contribution in [0.5, 0.6) is 0 Å². The first-order valence-corrected chi connectivity index (χ1v) is 10.4. The van der Waals surface area contributed by atoms with E-state index in [0.717, 1.165) is 16.9 Å². The van der Waals surface area contributed by atoms with E-state index in [0.29, 0.717) is 10.9 Å². The summed E-state index contributed by atoms with van der Waals surface area (Å²) in [4.78, 5) is 31.1. The summed E-state index contributed by atoms with van der Waals surface area (Å²) in [6.45, 7) is 0. The summed E-state index contributed by atoms with van der Waals surface area (Å²) in [5, 5.41) is 3.33. The van der Waals surface area contributed by atoms with Gasteiger partial charge in [0.05, 0.1) is 5.75 Å². The van der Waals surface area contributed by atoms with E-state index < -0.39 is 0 Å². The van der Waals surface area contributed by atoms with Gasteiger partial charge in [-0.15, -0.1) is 0 Å². The first-order chi connectivity index (χ1) is 14.7. The molecule has 1 heterocycles. The Morgan fingerprint density at radius 2 is 1.50 bits per heavy atom. The molecule has 0 unspecified atom stereocenters. The maximum absolute atomic E-state index is 12.7. The van der Waals surface area contributed by atoms with Crippen LogP contribution < -0.4 is 10.2 Å². The van der Waals surface area contributed by atoms with Gasteiger partial charge in [0.25, 0.3) is 5.91 Å². The molecule has 6 heteroatoms. The summed E-state index contributed by atoms with van der Waals surface area (Å²) in [7, 11) is 0. The first kappa shape index (κ1) is 19.7. The van der Waals surface area contributed by atoms with Crippen molar-refractivity contribution in [3.63, 3.8) is 0 Å². The summed E-state index contributed by atoms with van der Waals surface area (Å²) in [5.41, 5.74) is 2.92. The number of para-hydroxylation sites is 2. The van der Waals surface area contributed by atoms with Crippen LogP contribution in [0.4, 0.5) is 11.4 Å². The molecule has 1 aliphatic heterocycles. The number of amides is 2. The average molecular weight is 414 g/mol. The van der Waals surface area contributed by atoms with Gasteiger partial charge in [0.1, 0.15) is 5.70 Å². The molecular weight excluding hydrogens is 394 g/mol. The molecule has 0 aromatic heterocycles. The van der Waals surface area contributed by atoms with E-state index in [4.69, 9.17) is 0 Å². The van der Waals surface area contributed by atoms with E-state index in [1.54, 1.807) is 4.90 Å². The van der Waals surface area contributed by atoms with Crippen LogP contribution in [0.15, 0.2) is 102 Å². The van der Waals surface area contributed by atoms with Crippen LogP contribution in [0, 0.1) is 0 Å². The van der Waals surface area contributed by atoms with Crippen molar-refractivity contribution in [1.29, 1.82) is 0 Å². The number of aliphatic imine (C=N–C) groups is 1. The van der Waals surface area contributed by atoms with E-state index in [2.05, 4.69) is 10.3 Å². The Balaban J connectivity index is 1.55. The number of carbonyl (C=O) groups excluding carboxylic acids is 2. The molecule has 5 nitrogen and oxygen atoms in total. The van der Waals surface area contributed by atoms with Gasteiger partial charge in [-0.1, -0.05) is 78.5 Å². The van der Waals surface area contributed by atoms with E-state index in [9.17, 15) is 9.59 Å². The highest BCUT2D eigenvalue weighted by Gasteiger charge is 2.31. The Bertz CT molecular complexity index is 1100. The molecule has 0 radical (unpaired) electrons. The number of hydrogen-bond donors (Lipinski definition) is 1. The van der Waals surface area contributed by atoms with Gasteiger partial charge in [-0.25, -0.2) is 0 Å². The van der Waals surface area contributed by atoms with Crippen molar-refractivity contribution >= 4 is 46.2 Å². The van der Waals surface area contributed by atoms with Crippen molar-refractivity contribution < 1.29 is 9.59 Å². The molecule has 0 aliphatic carbocycles. The zero-order valence-corrected chi connectivity index (χ0v) is 16.9. The van der Waals surface area contributed by atoms with Crippen LogP contribution >= 0.6 is 11.8 Å². The minimum atomic E-state index is -0.325. The highest BCUT2D eigenvalue weighted by molar-refractivity contribution is 8.14. The molecule has 30 heavy (non-hydrogen) atoms.